The van der Waals surface area contributed by atoms with Crippen molar-refractivity contribution in [1.29, 1.82) is 0 Å². The highest BCUT2D eigenvalue weighted by molar-refractivity contribution is 5.85. The highest BCUT2D eigenvalue weighted by Crippen LogP contribution is 2.22. The second-order valence-electron chi connectivity index (χ2n) is 3.78. The van der Waals surface area contributed by atoms with E-state index in [4.69, 9.17) is 10.5 Å². The summed E-state index contributed by atoms with van der Waals surface area (Å²) in [5.74, 6) is -0.577. The number of para-hydroxylation sites is 1. The number of carbonyl (C=O) groups excluding carboxylic acids is 1. The van der Waals surface area contributed by atoms with Gasteiger partial charge in [0, 0.05) is 6.20 Å². The van der Waals surface area contributed by atoms with Crippen LogP contribution in [0.15, 0.2) is 30.5 Å². The number of amides is 1. The lowest BCUT2D eigenvalue weighted by Gasteiger charge is -2.04. The maximum Gasteiger partial charge on any atom is 0.341 e. The summed E-state index contributed by atoms with van der Waals surface area (Å²) in [6.45, 7) is 0. The van der Waals surface area contributed by atoms with Crippen molar-refractivity contribution in [1.82, 2.24) is 19.7 Å². The lowest BCUT2D eigenvalue weighted by Crippen LogP contribution is -2.21. The largest absolute Gasteiger partial charge is 0.421 e. The molecule has 2 N–H and O–H groups in total. The lowest BCUT2D eigenvalue weighted by atomic mass is 10.3. The lowest BCUT2D eigenvalue weighted by molar-refractivity contribution is 0.248. The summed E-state index contributed by atoms with van der Waals surface area (Å²) in [5, 5.41) is 4.04. The quantitative estimate of drug-likeness (QED) is 0.762. The fourth-order valence-electron chi connectivity index (χ4n) is 1.58. The second-order valence-corrected chi connectivity index (χ2v) is 3.78. The van der Waals surface area contributed by atoms with Gasteiger partial charge < -0.3 is 10.5 Å². The first-order valence-electron chi connectivity index (χ1n) is 5.51. The van der Waals surface area contributed by atoms with Gasteiger partial charge in [0.2, 0.25) is 0 Å². The maximum atomic E-state index is 13.5. The summed E-state index contributed by atoms with van der Waals surface area (Å²) in [6, 6.07) is 4.88. The molecule has 0 fully saturated rings. The normalized spacial score (nSPS) is 10.7. The minimum absolute atomic E-state index is 0.0269. The molecule has 99 valence electrons. The van der Waals surface area contributed by atoms with Crippen LogP contribution < -0.4 is 10.5 Å². The van der Waals surface area contributed by atoms with Gasteiger partial charge >= 0.3 is 12.0 Å². The Balaban J connectivity index is 2.02. The predicted octanol–water partition coefficient (Wildman–Crippen LogP) is 1.48. The van der Waals surface area contributed by atoms with E-state index in [-0.39, 0.29) is 17.4 Å². The number of nitrogens with zero attached hydrogens (tertiary/aromatic N) is 4. The Labute approximate surface area is 111 Å². The number of fused-ring (bicyclic) bond motifs is 1. The van der Waals surface area contributed by atoms with Crippen LogP contribution in [0.2, 0.25) is 0 Å². The average molecular weight is 272 g/mol. The number of ether oxygens (including phenoxy) is 1. The van der Waals surface area contributed by atoms with Gasteiger partial charge in [-0.1, -0.05) is 12.1 Å². The Morgan fingerprint density at radius 3 is 2.95 bits per heavy atom. The molecule has 20 heavy (non-hydrogen) atoms. The number of rotatable bonds is 2. The molecule has 0 aliphatic carbocycles. The summed E-state index contributed by atoms with van der Waals surface area (Å²) >= 11 is 0. The van der Waals surface area contributed by atoms with Crippen molar-refractivity contribution in [3.05, 3.63) is 42.5 Å². The van der Waals surface area contributed by atoms with E-state index < -0.39 is 11.8 Å². The molecule has 0 aliphatic heterocycles. The molecule has 0 aliphatic rings. The van der Waals surface area contributed by atoms with Crippen LogP contribution in [0.3, 0.4) is 0 Å². The molecule has 8 heteroatoms. The standard InChI is InChI=1S/C12H7FN5O2/c13-8-3-1-2-4-9(8)20-12-15-5-7-6-16-18(11(14)19)10(7)17-12/h1-5H,(H2,14,19). The first-order chi connectivity index (χ1) is 9.65. The number of hydrogen-bond donors (Lipinski definition) is 1. The van der Waals surface area contributed by atoms with Crippen LogP contribution >= 0.6 is 0 Å². The number of benzene rings is 1. The Kier molecular flexibility index (Phi) is 2.75. The first kappa shape index (κ1) is 12.0. The molecule has 1 radical (unpaired) electrons. The summed E-state index contributed by atoms with van der Waals surface area (Å²) in [4.78, 5) is 19.0. The molecule has 2 aromatic heterocycles. The van der Waals surface area contributed by atoms with E-state index in [1.54, 1.807) is 6.07 Å². The van der Waals surface area contributed by atoms with E-state index >= 15 is 0 Å². The molecule has 0 bridgehead atoms. The van der Waals surface area contributed by atoms with E-state index in [0.29, 0.717) is 5.39 Å². The fraction of sp³-hybridized carbons (Fsp3) is 0. The van der Waals surface area contributed by atoms with Gasteiger partial charge in [0.05, 0.1) is 5.39 Å². The van der Waals surface area contributed by atoms with Crippen LogP contribution in [-0.2, 0) is 0 Å². The van der Waals surface area contributed by atoms with Crippen molar-refractivity contribution in [3.63, 3.8) is 0 Å². The van der Waals surface area contributed by atoms with Crippen LogP contribution in [0, 0.1) is 12.0 Å². The zero-order valence-corrected chi connectivity index (χ0v) is 9.95. The number of nitrogens with two attached hydrogens (primary N) is 1. The highest BCUT2D eigenvalue weighted by Gasteiger charge is 2.12. The Morgan fingerprint density at radius 2 is 2.20 bits per heavy atom. The molecular weight excluding hydrogens is 265 g/mol. The van der Waals surface area contributed by atoms with Crippen molar-refractivity contribution in [2.75, 3.05) is 0 Å². The van der Waals surface area contributed by atoms with Gasteiger partial charge in [-0.2, -0.15) is 14.8 Å². The highest BCUT2D eigenvalue weighted by atomic mass is 19.1. The minimum Gasteiger partial charge on any atom is -0.421 e. The molecule has 0 saturated heterocycles. The Bertz CT molecular complexity index is 801. The average Bonchev–Trinajstić information content (AvgIpc) is 2.84. The topological polar surface area (TPSA) is 95.9 Å². The Morgan fingerprint density at radius 1 is 1.40 bits per heavy atom. The summed E-state index contributed by atoms with van der Waals surface area (Å²) in [7, 11) is 0. The number of aromatic nitrogens is 4. The van der Waals surface area contributed by atoms with Crippen LogP contribution in [0.5, 0.6) is 11.8 Å². The molecule has 0 saturated carbocycles. The monoisotopic (exact) mass is 272 g/mol. The molecule has 0 unspecified atom stereocenters. The molecule has 0 atom stereocenters. The molecule has 3 aromatic rings. The zero-order chi connectivity index (χ0) is 14.1. The summed E-state index contributed by atoms with van der Waals surface area (Å²) < 4.78 is 19.5. The van der Waals surface area contributed by atoms with Gasteiger partial charge in [0.25, 0.3) is 0 Å². The Hall–Kier alpha value is -3.03. The van der Waals surface area contributed by atoms with Gasteiger partial charge in [-0.05, 0) is 12.1 Å². The van der Waals surface area contributed by atoms with Crippen molar-refractivity contribution in [2.45, 2.75) is 0 Å². The molecule has 0 spiro atoms. The van der Waals surface area contributed by atoms with E-state index in [1.165, 1.54) is 24.4 Å². The SMILES string of the molecule is NC(=O)n1n[c]c2cnc(Oc3ccccc3F)nc21. The first-order valence-corrected chi connectivity index (χ1v) is 5.51. The van der Waals surface area contributed by atoms with Gasteiger partial charge in [-0.3, -0.25) is 0 Å². The van der Waals surface area contributed by atoms with Crippen LogP contribution in [0.25, 0.3) is 11.0 Å². The van der Waals surface area contributed by atoms with E-state index in [1.807, 2.05) is 0 Å². The molecule has 3 rings (SSSR count). The third kappa shape index (κ3) is 2.03. The molecule has 1 aromatic carbocycles. The van der Waals surface area contributed by atoms with Crippen molar-refractivity contribution < 1.29 is 13.9 Å². The van der Waals surface area contributed by atoms with Gasteiger partial charge in [-0.25, -0.2) is 14.2 Å². The van der Waals surface area contributed by atoms with Gasteiger partial charge in [-0.15, -0.1) is 0 Å². The van der Waals surface area contributed by atoms with Crippen LogP contribution in [-0.4, -0.2) is 25.8 Å². The summed E-state index contributed by atoms with van der Waals surface area (Å²) in [5.41, 5.74) is 5.27. The maximum absolute atomic E-state index is 13.5. The van der Waals surface area contributed by atoms with Gasteiger partial charge in [0.15, 0.2) is 17.2 Å². The number of carbonyl (C=O) groups is 1. The van der Waals surface area contributed by atoms with Gasteiger partial charge in [0.1, 0.15) is 6.20 Å². The third-order valence-corrected chi connectivity index (χ3v) is 2.46. The third-order valence-electron chi connectivity index (χ3n) is 2.46. The summed E-state index contributed by atoms with van der Waals surface area (Å²) in [6.07, 6.45) is 3.88. The van der Waals surface area contributed by atoms with Crippen LogP contribution in [0.1, 0.15) is 0 Å². The molecular formula is C12H7FN5O2. The van der Waals surface area contributed by atoms with E-state index in [2.05, 4.69) is 21.3 Å². The predicted molar refractivity (Wildman–Crippen MR) is 65.6 cm³/mol. The smallest absolute Gasteiger partial charge is 0.341 e. The number of primary amides is 1. The molecule has 7 nitrogen and oxygen atoms in total. The van der Waals surface area contributed by atoms with E-state index in [9.17, 15) is 9.18 Å². The minimum atomic E-state index is -0.813. The van der Waals surface area contributed by atoms with Crippen molar-refractivity contribution in [2.24, 2.45) is 5.73 Å². The zero-order valence-electron chi connectivity index (χ0n) is 9.95. The molecule has 1 amide bonds. The van der Waals surface area contributed by atoms with E-state index in [0.717, 1.165) is 4.68 Å². The second kappa shape index (κ2) is 4.57. The van der Waals surface area contributed by atoms with Crippen LogP contribution in [0.4, 0.5) is 9.18 Å². The molecule has 2 heterocycles. The number of halogens is 1. The fourth-order valence-corrected chi connectivity index (χ4v) is 1.58. The number of hydrogen-bond acceptors (Lipinski definition) is 5. The van der Waals surface area contributed by atoms with Crippen molar-refractivity contribution >= 4 is 17.1 Å². The van der Waals surface area contributed by atoms with Crippen molar-refractivity contribution in [3.8, 4) is 11.8 Å².